The van der Waals surface area contributed by atoms with Crippen LogP contribution in [0.15, 0.2) is 35.3 Å². The van der Waals surface area contributed by atoms with Crippen LogP contribution in [0.25, 0.3) is 11.3 Å². The maximum atomic E-state index is 11.4. The van der Waals surface area contributed by atoms with E-state index in [4.69, 9.17) is 4.52 Å². The summed E-state index contributed by atoms with van der Waals surface area (Å²) in [5, 5.41) is 6.31. The molecule has 2 heterocycles. The zero-order valence-corrected chi connectivity index (χ0v) is 8.10. The summed E-state index contributed by atoms with van der Waals surface area (Å²) in [4.78, 5) is 15.3. The molecule has 0 bridgehead atoms. The lowest BCUT2D eigenvalue weighted by atomic mass is 10.1. The third kappa shape index (κ3) is 1.71. The second-order valence-corrected chi connectivity index (χ2v) is 2.89. The fourth-order valence-electron chi connectivity index (χ4n) is 1.25. The molecule has 0 aromatic carbocycles. The van der Waals surface area contributed by atoms with Gasteiger partial charge in [-0.05, 0) is 12.1 Å². The molecule has 0 fully saturated rings. The van der Waals surface area contributed by atoms with Crippen molar-refractivity contribution >= 4 is 5.91 Å². The minimum Gasteiger partial charge on any atom is -0.363 e. The second kappa shape index (κ2) is 3.91. The Morgan fingerprint density at radius 1 is 1.40 bits per heavy atom. The molecule has 2 rings (SSSR count). The molecule has 0 atom stereocenters. The van der Waals surface area contributed by atoms with Gasteiger partial charge in [0.15, 0.2) is 0 Å². The van der Waals surface area contributed by atoms with Crippen LogP contribution in [-0.2, 0) is 0 Å². The zero-order valence-electron chi connectivity index (χ0n) is 8.10. The number of pyridine rings is 1. The number of amides is 1. The van der Waals surface area contributed by atoms with Gasteiger partial charge in [-0.2, -0.15) is 0 Å². The van der Waals surface area contributed by atoms with Gasteiger partial charge in [-0.3, -0.25) is 9.78 Å². The summed E-state index contributed by atoms with van der Waals surface area (Å²) in [6.45, 7) is 0. The van der Waals surface area contributed by atoms with Crippen molar-refractivity contribution in [3.63, 3.8) is 0 Å². The van der Waals surface area contributed by atoms with Crippen molar-refractivity contribution < 1.29 is 9.32 Å². The highest BCUT2D eigenvalue weighted by Gasteiger charge is 2.15. The van der Waals surface area contributed by atoms with E-state index >= 15 is 0 Å². The molecule has 1 N–H and O–H groups in total. The average Bonchev–Trinajstić information content (AvgIpc) is 2.78. The summed E-state index contributed by atoms with van der Waals surface area (Å²) in [7, 11) is 1.56. The van der Waals surface area contributed by atoms with E-state index in [-0.39, 0.29) is 5.91 Å². The Hall–Kier alpha value is -2.17. The van der Waals surface area contributed by atoms with Crippen LogP contribution in [-0.4, -0.2) is 23.1 Å². The monoisotopic (exact) mass is 203 g/mol. The predicted molar refractivity (Wildman–Crippen MR) is 53.1 cm³/mol. The Bertz CT molecular complexity index is 465. The lowest BCUT2D eigenvalue weighted by molar-refractivity contribution is 0.0963. The van der Waals surface area contributed by atoms with Crippen LogP contribution in [0, 0.1) is 0 Å². The summed E-state index contributed by atoms with van der Waals surface area (Å²) in [6, 6.07) is 3.54. The standard InChI is InChI=1S/C10H9N3O2/c1-11-10(14)8-6-15-13-9(8)7-2-4-12-5-3-7/h2-6H,1H3,(H,11,14). The molecule has 0 radical (unpaired) electrons. The van der Waals surface area contributed by atoms with Gasteiger partial charge in [0, 0.05) is 25.0 Å². The molecule has 0 spiro atoms. The Morgan fingerprint density at radius 3 is 2.80 bits per heavy atom. The van der Waals surface area contributed by atoms with Gasteiger partial charge in [-0.25, -0.2) is 0 Å². The van der Waals surface area contributed by atoms with E-state index in [0.717, 1.165) is 5.56 Å². The van der Waals surface area contributed by atoms with Gasteiger partial charge >= 0.3 is 0 Å². The van der Waals surface area contributed by atoms with Gasteiger partial charge in [0.25, 0.3) is 5.91 Å². The van der Waals surface area contributed by atoms with E-state index < -0.39 is 0 Å². The van der Waals surface area contributed by atoms with Crippen molar-refractivity contribution in [2.24, 2.45) is 0 Å². The average molecular weight is 203 g/mol. The molecule has 2 aromatic rings. The van der Waals surface area contributed by atoms with E-state index in [1.807, 2.05) is 0 Å². The number of hydrogen-bond donors (Lipinski definition) is 1. The van der Waals surface area contributed by atoms with Gasteiger partial charge < -0.3 is 9.84 Å². The molecule has 1 amide bonds. The van der Waals surface area contributed by atoms with Crippen molar-refractivity contribution in [2.45, 2.75) is 0 Å². The number of carbonyl (C=O) groups is 1. The first-order valence-corrected chi connectivity index (χ1v) is 4.40. The van der Waals surface area contributed by atoms with Crippen molar-refractivity contribution in [1.82, 2.24) is 15.5 Å². The number of nitrogens with zero attached hydrogens (tertiary/aromatic N) is 2. The van der Waals surface area contributed by atoms with E-state index in [1.165, 1.54) is 6.26 Å². The smallest absolute Gasteiger partial charge is 0.256 e. The molecule has 0 unspecified atom stereocenters. The highest BCUT2D eigenvalue weighted by molar-refractivity contribution is 5.99. The maximum absolute atomic E-state index is 11.4. The molecule has 0 aliphatic heterocycles. The molecule has 0 saturated heterocycles. The molecule has 0 saturated carbocycles. The molecular weight excluding hydrogens is 194 g/mol. The Labute approximate surface area is 86.1 Å². The van der Waals surface area contributed by atoms with Gasteiger partial charge in [-0.15, -0.1) is 0 Å². The van der Waals surface area contributed by atoms with Crippen molar-refractivity contribution in [2.75, 3.05) is 7.05 Å². The lowest BCUT2D eigenvalue weighted by Gasteiger charge is -1.98. The lowest BCUT2D eigenvalue weighted by Crippen LogP contribution is -2.17. The number of rotatable bonds is 2. The molecule has 76 valence electrons. The predicted octanol–water partition coefficient (Wildman–Crippen LogP) is 1.10. The van der Waals surface area contributed by atoms with Gasteiger partial charge in [0.2, 0.25) is 0 Å². The summed E-state index contributed by atoms with van der Waals surface area (Å²) in [5.41, 5.74) is 1.75. The van der Waals surface area contributed by atoms with Gasteiger partial charge in [0.05, 0.1) is 0 Å². The molecule has 0 aliphatic rings. The third-order valence-electron chi connectivity index (χ3n) is 2.00. The fourth-order valence-corrected chi connectivity index (χ4v) is 1.25. The van der Waals surface area contributed by atoms with Crippen molar-refractivity contribution in [3.05, 3.63) is 36.4 Å². The topological polar surface area (TPSA) is 68.0 Å². The second-order valence-electron chi connectivity index (χ2n) is 2.89. The first kappa shape index (κ1) is 9.39. The number of aromatic nitrogens is 2. The Morgan fingerprint density at radius 2 is 2.13 bits per heavy atom. The molecule has 5 nitrogen and oxygen atoms in total. The first-order valence-electron chi connectivity index (χ1n) is 4.40. The first-order chi connectivity index (χ1) is 7.33. The van der Waals surface area contributed by atoms with Gasteiger partial charge in [-0.1, -0.05) is 5.16 Å². The molecule has 5 heteroatoms. The minimum absolute atomic E-state index is 0.219. The van der Waals surface area contributed by atoms with E-state index in [9.17, 15) is 4.79 Å². The van der Waals surface area contributed by atoms with Crippen molar-refractivity contribution in [3.8, 4) is 11.3 Å². The molecular formula is C10H9N3O2. The van der Waals surface area contributed by atoms with Crippen LogP contribution in [0.4, 0.5) is 0 Å². The number of hydrogen-bond acceptors (Lipinski definition) is 4. The van der Waals surface area contributed by atoms with E-state index in [2.05, 4.69) is 15.5 Å². The molecule has 0 aliphatic carbocycles. The van der Waals surface area contributed by atoms with E-state index in [0.29, 0.717) is 11.3 Å². The summed E-state index contributed by atoms with van der Waals surface area (Å²) in [5.74, 6) is -0.219. The van der Waals surface area contributed by atoms with Crippen LogP contribution in [0.1, 0.15) is 10.4 Å². The fraction of sp³-hybridized carbons (Fsp3) is 0.100. The van der Waals surface area contributed by atoms with Gasteiger partial charge in [0.1, 0.15) is 17.5 Å². The quantitative estimate of drug-likeness (QED) is 0.793. The highest BCUT2D eigenvalue weighted by Crippen LogP contribution is 2.20. The van der Waals surface area contributed by atoms with Crippen LogP contribution in [0.5, 0.6) is 0 Å². The van der Waals surface area contributed by atoms with Crippen LogP contribution in [0.3, 0.4) is 0 Å². The van der Waals surface area contributed by atoms with Crippen molar-refractivity contribution in [1.29, 1.82) is 0 Å². The molecule has 2 aromatic heterocycles. The largest absolute Gasteiger partial charge is 0.363 e. The normalized spacial score (nSPS) is 9.93. The van der Waals surface area contributed by atoms with Crippen LogP contribution < -0.4 is 5.32 Å². The van der Waals surface area contributed by atoms with Crippen LogP contribution in [0.2, 0.25) is 0 Å². The molecule has 15 heavy (non-hydrogen) atoms. The van der Waals surface area contributed by atoms with Crippen LogP contribution >= 0.6 is 0 Å². The number of nitrogens with one attached hydrogen (secondary N) is 1. The zero-order chi connectivity index (χ0) is 10.7. The van der Waals surface area contributed by atoms with E-state index in [1.54, 1.807) is 31.6 Å². The Kier molecular flexibility index (Phi) is 2.45. The highest BCUT2D eigenvalue weighted by atomic mass is 16.5. The summed E-state index contributed by atoms with van der Waals surface area (Å²) < 4.78 is 4.79. The maximum Gasteiger partial charge on any atom is 0.256 e. The summed E-state index contributed by atoms with van der Waals surface area (Å²) in [6.07, 6.45) is 4.60. The number of carbonyl (C=O) groups excluding carboxylic acids is 1. The third-order valence-corrected chi connectivity index (χ3v) is 2.00. The Balaban J connectivity index is 2.46. The summed E-state index contributed by atoms with van der Waals surface area (Å²) >= 11 is 0. The minimum atomic E-state index is -0.219. The SMILES string of the molecule is CNC(=O)c1conc1-c1ccncc1.